The summed E-state index contributed by atoms with van der Waals surface area (Å²) in [6, 6.07) is 18.5. The fourth-order valence-corrected chi connectivity index (χ4v) is 2.77. The first-order chi connectivity index (χ1) is 14.5. The molecule has 0 unspecified atom stereocenters. The molecule has 0 saturated carbocycles. The van der Waals surface area contributed by atoms with Gasteiger partial charge in [-0.05, 0) is 55.0 Å². The molecular weight excluding hydrogens is 382 g/mol. The Hall–Kier alpha value is -4.13. The Balaban J connectivity index is 1.72. The molecule has 0 bridgehead atoms. The molecule has 0 aliphatic carbocycles. The lowest BCUT2D eigenvalue weighted by Crippen LogP contribution is -2.21. The van der Waals surface area contributed by atoms with Gasteiger partial charge < -0.3 is 15.2 Å². The number of aryl methyl sites for hydroxylation is 1. The third kappa shape index (κ3) is 5.02. The molecule has 3 aromatic rings. The Kier molecular flexibility index (Phi) is 6.44. The number of hydrogen-bond donors (Lipinski definition) is 3. The molecule has 30 heavy (non-hydrogen) atoms. The number of hydrogen-bond acceptors (Lipinski definition) is 5. The maximum atomic E-state index is 12.6. The second kappa shape index (κ2) is 9.38. The van der Waals surface area contributed by atoms with Crippen LogP contribution in [0.3, 0.4) is 0 Å². The Morgan fingerprint density at radius 3 is 2.57 bits per heavy atom. The number of phenolic OH excluding ortho intramolecular Hbond substituents is 1. The van der Waals surface area contributed by atoms with Crippen molar-refractivity contribution < 1.29 is 19.4 Å². The summed E-state index contributed by atoms with van der Waals surface area (Å²) in [6.45, 7) is 1.90. The van der Waals surface area contributed by atoms with Crippen molar-refractivity contribution in [3.8, 4) is 11.5 Å². The highest BCUT2D eigenvalue weighted by Gasteiger charge is 2.14. The number of methoxy groups -OCH3 is 1. The molecule has 0 fully saturated rings. The number of nitrogens with zero attached hydrogens (tertiary/aromatic N) is 1. The second-order valence-electron chi connectivity index (χ2n) is 6.50. The Morgan fingerprint density at radius 1 is 1.00 bits per heavy atom. The van der Waals surface area contributed by atoms with Gasteiger partial charge in [0.15, 0.2) is 11.5 Å². The summed E-state index contributed by atoms with van der Waals surface area (Å²) in [4.78, 5) is 25.1. The van der Waals surface area contributed by atoms with Crippen LogP contribution in [0.25, 0.3) is 0 Å². The highest BCUT2D eigenvalue weighted by Crippen LogP contribution is 2.25. The van der Waals surface area contributed by atoms with Crippen molar-refractivity contribution in [1.29, 1.82) is 0 Å². The highest BCUT2D eigenvalue weighted by molar-refractivity contribution is 6.09. The van der Waals surface area contributed by atoms with Gasteiger partial charge in [-0.15, -0.1) is 0 Å². The number of phenols is 1. The van der Waals surface area contributed by atoms with E-state index in [4.69, 9.17) is 4.74 Å². The normalized spacial score (nSPS) is 10.6. The van der Waals surface area contributed by atoms with Crippen molar-refractivity contribution in [2.45, 2.75) is 6.92 Å². The van der Waals surface area contributed by atoms with Crippen molar-refractivity contribution in [3.05, 3.63) is 89.0 Å². The molecule has 0 aliphatic rings. The molecule has 152 valence electrons. The minimum absolute atomic E-state index is 0.0111. The molecule has 3 aromatic carbocycles. The van der Waals surface area contributed by atoms with E-state index < -0.39 is 5.91 Å². The lowest BCUT2D eigenvalue weighted by Gasteiger charge is -2.10. The summed E-state index contributed by atoms with van der Waals surface area (Å²) < 4.78 is 5.04. The van der Waals surface area contributed by atoms with Gasteiger partial charge in [0.1, 0.15) is 0 Å². The minimum Gasteiger partial charge on any atom is -0.504 e. The molecule has 0 heterocycles. The first-order valence-electron chi connectivity index (χ1n) is 9.15. The molecule has 0 aliphatic heterocycles. The minimum atomic E-state index is -0.475. The summed E-state index contributed by atoms with van der Waals surface area (Å²) >= 11 is 0. The summed E-state index contributed by atoms with van der Waals surface area (Å²) in [5.74, 6) is -0.470. The third-order valence-electron chi connectivity index (χ3n) is 4.28. The first-order valence-corrected chi connectivity index (χ1v) is 9.15. The lowest BCUT2D eigenvalue weighted by molar-refractivity contribution is 0.0956. The van der Waals surface area contributed by atoms with Crippen LogP contribution in [0.5, 0.6) is 11.5 Å². The first kappa shape index (κ1) is 20.6. The van der Waals surface area contributed by atoms with E-state index in [1.165, 1.54) is 19.4 Å². The van der Waals surface area contributed by atoms with Crippen LogP contribution >= 0.6 is 0 Å². The van der Waals surface area contributed by atoms with Crippen LogP contribution in [0.1, 0.15) is 31.8 Å². The molecule has 7 nitrogen and oxygen atoms in total. The summed E-state index contributed by atoms with van der Waals surface area (Å²) in [6.07, 6.45) is 1.42. The molecule has 0 aromatic heterocycles. The number of carbonyl (C=O) groups excluding carboxylic acids is 2. The molecule has 7 heteroatoms. The van der Waals surface area contributed by atoms with Crippen molar-refractivity contribution >= 4 is 23.7 Å². The van der Waals surface area contributed by atoms with Crippen LogP contribution in [0.2, 0.25) is 0 Å². The van der Waals surface area contributed by atoms with E-state index in [1.807, 2.05) is 13.0 Å². The average molecular weight is 403 g/mol. The van der Waals surface area contributed by atoms with E-state index in [2.05, 4.69) is 15.8 Å². The number of anilines is 1. The van der Waals surface area contributed by atoms with E-state index in [1.54, 1.807) is 54.6 Å². The zero-order valence-corrected chi connectivity index (χ0v) is 16.5. The number of aromatic hydroxyl groups is 1. The van der Waals surface area contributed by atoms with Gasteiger partial charge >= 0.3 is 0 Å². The molecule has 0 radical (unpaired) electrons. The van der Waals surface area contributed by atoms with Crippen molar-refractivity contribution in [1.82, 2.24) is 5.43 Å². The number of benzene rings is 3. The van der Waals surface area contributed by atoms with Crippen molar-refractivity contribution in [2.24, 2.45) is 5.10 Å². The maximum Gasteiger partial charge on any atom is 0.273 e. The average Bonchev–Trinajstić information content (AvgIpc) is 2.75. The van der Waals surface area contributed by atoms with E-state index in [-0.39, 0.29) is 17.2 Å². The van der Waals surface area contributed by atoms with Gasteiger partial charge in [-0.3, -0.25) is 9.59 Å². The molecule has 0 spiro atoms. The van der Waals surface area contributed by atoms with Gasteiger partial charge in [-0.25, -0.2) is 5.43 Å². The number of hydrazone groups is 1. The number of carbonyl (C=O) groups is 2. The van der Waals surface area contributed by atoms with E-state index in [9.17, 15) is 14.7 Å². The lowest BCUT2D eigenvalue weighted by atomic mass is 10.1. The number of para-hydroxylation sites is 1. The van der Waals surface area contributed by atoms with Gasteiger partial charge in [0.2, 0.25) is 0 Å². The van der Waals surface area contributed by atoms with Crippen molar-refractivity contribution in [3.63, 3.8) is 0 Å². The maximum absolute atomic E-state index is 12.6. The van der Waals surface area contributed by atoms with E-state index in [0.29, 0.717) is 22.6 Å². The third-order valence-corrected chi connectivity index (χ3v) is 4.28. The summed E-state index contributed by atoms with van der Waals surface area (Å²) in [5, 5.41) is 16.3. The summed E-state index contributed by atoms with van der Waals surface area (Å²) in [7, 11) is 1.44. The van der Waals surface area contributed by atoms with Crippen LogP contribution in [-0.2, 0) is 0 Å². The predicted octanol–water partition coefficient (Wildman–Crippen LogP) is 3.73. The SMILES string of the molecule is COc1cc(/C=N\NC(=O)c2ccccc2NC(=O)c2cccc(C)c2)ccc1O. The van der Waals surface area contributed by atoms with Crippen LogP contribution in [0.15, 0.2) is 71.8 Å². The molecular formula is C23H21N3O4. The van der Waals surface area contributed by atoms with Crippen LogP contribution in [-0.4, -0.2) is 30.2 Å². The Labute approximate surface area is 174 Å². The monoisotopic (exact) mass is 403 g/mol. The fourth-order valence-electron chi connectivity index (χ4n) is 2.77. The van der Waals surface area contributed by atoms with E-state index in [0.717, 1.165) is 5.56 Å². The fraction of sp³-hybridized carbons (Fsp3) is 0.0870. The molecule has 3 rings (SSSR count). The Bertz CT molecular complexity index is 1110. The molecule has 0 saturated heterocycles. The van der Waals surface area contributed by atoms with Crippen LogP contribution in [0.4, 0.5) is 5.69 Å². The second-order valence-corrected chi connectivity index (χ2v) is 6.50. The molecule has 3 N–H and O–H groups in total. The standard InChI is InChI=1S/C23H21N3O4/c1-15-6-5-7-17(12-15)22(28)25-19-9-4-3-8-18(19)23(29)26-24-14-16-10-11-20(27)21(13-16)30-2/h3-14,27H,1-2H3,(H,25,28)(H,26,29)/b24-14-. The number of amides is 2. The topological polar surface area (TPSA) is 100 Å². The quantitative estimate of drug-likeness (QED) is 0.431. The molecule has 0 atom stereocenters. The smallest absolute Gasteiger partial charge is 0.273 e. The number of ether oxygens (including phenoxy) is 1. The van der Waals surface area contributed by atoms with Gasteiger partial charge in [0.25, 0.3) is 11.8 Å². The van der Waals surface area contributed by atoms with Gasteiger partial charge in [-0.1, -0.05) is 29.8 Å². The van der Waals surface area contributed by atoms with Gasteiger partial charge in [-0.2, -0.15) is 5.10 Å². The number of rotatable bonds is 6. The zero-order chi connectivity index (χ0) is 21.5. The zero-order valence-electron chi connectivity index (χ0n) is 16.5. The van der Waals surface area contributed by atoms with Crippen LogP contribution in [0, 0.1) is 6.92 Å². The van der Waals surface area contributed by atoms with Gasteiger partial charge in [0, 0.05) is 5.56 Å². The Morgan fingerprint density at radius 2 is 1.80 bits per heavy atom. The van der Waals surface area contributed by atoms with Crippen LogP contribution < -0.4 is 15.5 Å². The summed E-state index contributed by atoms with van der Waals surface area (Å²) in [5.41, 5.74) is 5.19. The predicted molar refractivity (Wildman–Crippen MR) is 115 cm³/mol. The van der Waals surface area contributed by atoms with Gasteiger partial charge in [0.05, 0.1) is 24.6 Å². The molecule has 2 amide bonds. The largest absolute Gasteiger partial charge is 0.504 e. The number of nitrogens with one attached hydrogen (secondary N) is 2. The van der Waals surface area contributed by atoms with Crippen molar-refractivity contribution in [2.75, 3.05) is 12.4 Å². The van der Waals surface area contributed by atoms with E-state index >= 15 is 0 Å². The highest BCUT2D eigenvalue weighted by atomic mass is 16.5.